The number of carbonyl (C=O) groups is 1. The fraction of sp³-hybridized carbons (Fsp3) is 0.667. The molecule has 96 valence electrons. The minimum absolute atomic E-state index is 0.133. The fourth-order valence-electron chi connectivity index (χ4n) is 2.03. The molecule has 1 rings (SSSR count). The van der Waals surface area contributed by atoms with Crippen molar-refractivity contribution >= 4 is 5.97 Å². The molecule has 1 heterocycles. The Bertz CT molecular complexity index is 376. The van der Waals surface area contributed by atoms with Gasteiger partial charge in [-0.15, -0.1) is 0 Å². The first kappa shape index (κ1) is 13.7. The van der Waals surface area contributed by atoms with E-state index < -0.39 is 12.0 Å². The summed E-state index contributed by atoms with van der Waals surface area (Å²) >= 11 is 0. The summed E-state index contributed by atoms with van der Waals surface area (Å²) < 4.78 is 1.72. The summed E-state index contributed by atoms with van der Waals surface area (Å²) in [6, 6.07) is -0.444. The van der Waals surface area contributed by atoms with Crippen molar-refractivity contribution in [2.45, 2.75) is 32.9 Å². The third-order valence-corrected chi connectivity index (χ3v) is 3.10. The van der Waals surface area contributed by atoms with E-state index in [4.69, 9.17) is 0 Å². The zero-order valence-electron chi connectivity index (χ0n) is 10.9. The Labute approximate surface area is 102 Å². The molecule has 0 amide bonds. The molecule has 0 aliphatic rings. The average Bonchev–Trinajstić information content (AvgIpc) is 2.63. The third-order valence-electron chi connectivity index (χ3n) is 3.10. The van der Waals surface area contributed by atoms with Crippen LogP contribution in [0.5, 0.6) is 0 Å². The minimum Gasteiger partial charge on any atom is -0.480 e. The monoisotopic (exact) mass is 239 g/mol. The van der Waals surface area contributed by atoms with Crippen molar-refractivity contribution in [3.63, 3.8) is 0 Å². The molecule has 2 atom stereocenters. The Kier molecular flexibility index (Phi) is 4.69. The van der Waals surface area contributed by atoms with Gasteiger partial charge in [0.05, 0.1) is 6.20 Å². The summed E-state index contributed by atoms with van der Waals surface area (Å²) in [6.45, 7) is 4.59. The molecular weight excluding hydrogens is 218 g/mol. The van der Waals surface area contributed by atoms with Crippen molar-refractivity contribution in [1.29, 1.82) is 0 Å². The van der Waals surface area contributed by atoms with Gasteiger partial charge in [0.25, 0.3) is 0 Å². The fourth-order valence-corrected chi connectivity index (χ4v) is 2.03. The van der Waals surface area contributed by atoms with Crippen LogP contribution in [0.3, 0.4) is 0 Å². The van der Waals surface area contributed by atoms with Crippen LogP contribution in [0.4, 0.5) is 0 Å². The molecule has 0 saturated heterocycles. The van der Waals surface area contributed by atoms with Crippen LogP contribution >= 0.6 is 0 Å². The number of rotatable bonds is 6. The number of hydrogen-bond acceptors (Lipinski definition) is 3. The van der Waals surface area contributed by atoms with E-state index in [0.717, 1.165) is 12.0 Å². The van der Waals surface area contributed by atoms with Gasteiger partial charge >= 0.3 is 5.97 Å². The van der Waals surface area contributed by atoms with Crippen molar-refractivity contribution in [1.82, 2.24) is 14.7 Å². The van der Waals surface area contributed by atoms with Gasteiger partial charge in [0.2, 0.25) is 0 Å². The van der Waals surface area contributed by atoms with E-state index in [9.17, 15) is 9.90 Å². The van der Waals surface area contributed by atoms with Crippen LogP contribution in [0.2, 0.25) is 0 Å². The maximum atomic E-state index is 11.3. The third kappa shape index (κ3) is 3.56. The van der Waals surface area contributed by atoms with Crippen molar-refractivity contribution in [3.8, 4) is 0 Å². The molecular formula is C12H21N3O2. The lowest BCUT2D eigenvalue weighted by atomic mass is 9.98. The summed E-state index contributed by atoms with van der Waals surface area (Å²) in [7, 11) is 3.70. The molecule has 0 bridgehead atoms. The molecule has 1 aromatic heterocycles. The van der Waals surface area contributed by atoms with Gasteiger partial charge in [0.1, 0.15) is 6.04 Å². The standard InChI is InChI=1S/C12H21N3O2/c1-5-9(2)11(12(16)17)14(3)7-10-6-13-15(4)8-10/h6,8-9,11H,5,7H2,1-4H3,(H,16,17). The van der Waals surface area contributed by atoms with Crippen LogP contribution in [0.25, 0.3) is 0 Å². The zero-order valence-corrected chi connectivity index (χ0v) is 10.9. The number of hydrogen-bond donors (Lipinski definition) is 1. The number of carboxylic acids is 1. The maximum absolute atomic E-state index is 11.3. The largest absolute Gasteiger partial charge is 0.480 e. The van der Waals surface area contributed by atoms with Gasteiger partial charge < -0.3 is 5.11 Å². The second kappa shape index (κ2) is 5.82. The maximum Gasteiger partial charge on any atom is 0.321 e. The Balaban J connectivity index is 2.71. The Morgan fingerprint density at radius 1 is 1.65 bits per heavy atom. The molecule has 5 nitrogen and oxygen atoms in total. The summed E-state index contributed by atoms with van der Waals surface area (Å²) in [5.74, 6) is -0.625. The highest BCUT2D eigenvalue weighted by Crippen LogP contribution is 2.16. The highest BCUT2D eigenvalue weighted by Gasteiger charge is 2.27. The van der Waals surface area contributed by atoms with Crippen molar-refractivity contribution in [2.24, 2.45) is 13.0 Å². The lowest BCUT2D eigenvalue weighted by Gasteiger charge is -2.28. The molecule has 0 radical (unpaired) electrons. The van der Waals surface area contributed by atoms with Crippen LogP contribution in [0.1, 0.15) is 25.8 Å². The normalized spacial score (nSPS) is 14.9. The van der Waals surface area contributed by atoms with Gasteiger partial charge in [-0.05, 0) is 13.0 Å². The molecule has 0 saturated carbocycles. The van der Waals surface area contributed by atoms with Gasteiger partial charge in [-0.3, -0.25) is 14.4 Å². The van der Waals surface area contributed by atoms with E-state index >= 15 is 0 Å². The quantitative estimate of drug-likeness (QED) is 0.814. The smallest absolute Gasteiger partial charge is 0.321 e. The molecule has 2 unspecified atom stereocenters. The molecule has 0 fully saturated rings. The summed E-state index contributed by atoms with van der Waals surface area (Å²) in [4.78, 5) is 13.1. The van der Waals surface area contributed by atoms with Gasteiger partial charge in [0, 0.05) is 25.4 Å². The predicted octanol–water partition coefficient (Wildman–Crippen LogP) is 1.35. The highest BCUT2D eigenvalue weighted by molar-refractivity contribution is 5.73. The number of aliphatic carboxylic acids is 1. The van der Waals surface area contributed by atoms with Crippen LogP contribution in [0, 0.1) is 5.92 Å². The van der Waals surface area contributed by atoms with E-state index in [1.807, 2.05) is 39.0 Å². The topological polar surface area (TPSA) is 58.4 Å². The molecule has 1 N–H and O–H groups in total. The van der Waals surface area contributed by atoms with E-state index in [0.29, 0.717) is 6.54 Å². The Morgan fingerprint density at radius 2 is 2.29 bits per heavy atom. The van der Waals surface area contributed by atoms with Crippen LogP contribution in [-0.4, -0.2) is 38.8 Å². The van der Waals surface area contributed by atoms with E-state index in [2.05, 4.69) is 5.10 Å². The Hall–Kier alpha value is -1.36. The van der Waals surface area contributed by atoms with Crippen LogP contribution in [0.15, 0.2) is 12.4 Å². The van der Waals surface area contributed by atoms with E-state index in [-0.39, 0.29) is 5.92 Å². The van der Waals surface area contributed by atoms with Gasteiger partial charge in [0.15, 0.2) is 0 Å². The second-order valence-corrected chi connectivity index (χ2v) is 4.61. The molecule has 17 heavy (non-hydrogen) atoms. The number of carboxylic acid groups (broad SMARTS) is 1. The van der Waals surface area contributed by atoms with Crippen LogP contribution in [-0.2, 0) is 18.4 Å². The van der Waals surface area contributed by atoms with Gasteiger partial charge in [-0.25, -0.2) is 0 Å². The average molecular weight is 239 g/mol. The summed E-state index contributed by atoms with van der Waals surface area (Å²) in [6.07, 6.45) is 4.53. The zero-order chi connectivity index (χ0) is 13.0. The molecule has 0 aromatic carbocycles. The van der Waals surface area contributed by atoms with Crippen molar-refractivity contribution in [2.75, 3.05) is 7.05 Å². The number of aromatic nitrogens is 2. The second-order valence-electron chi connectivity index (χ2n) is 4.61. The van der Waals surface area contributed by atoms with E-state index in [1.165, 1.54) is 0 Å². The first-order valence-electron chi connectivity index (χ1n) is 5.86. The summed E-state index contributed by atoms with van der Waals surface area (Å²) in [5, 5.41) is 13.3. The lowest BCUT2D eigenvalue weighted by molar-refractivity contribution is -0.145. The Morgan fingerprint density at radius 3 is 2.71 bits per heavy atom. The van der Waals surface area contributed by atoms with Crippen molar-refractivity contribution < 1.29 is 9.90 Å². The van der Waals surface area contributed by atoms with Crippen LogP contribution < -0.4 is 0 Å². The molecule has 5 heteroatoms. The number of likely N-dealkylation sites (N-methyl/N-ethyl adjacent to an activating group) is 1. The predicted molar refractivity (Wildman–Crippen MR) is 65.6 cm³/mol. The lowest BCUT2D eigenvalue weighted by Crippen LogP contribution is -2.42. The van der Waals surface area contributed by atoms with Gasteiger partial charge in [-0.1, -0.05) is 20.3 Å². The minimum atomic E-state index is -0.759. The number of aryl methyl sites for hydroxylation is 1. The molecule has 0 spiro atoms. The first-order valence-corrected chi connectivity index (χ1v) is 5.86. The van der Waals surface area contributed by atoms with Crippen molar-refractivity contribution in [3.05, 3.63) is 18.0 Å². The molecule has 1 aromatic rings. The van der Waals surface area contributed by atoms with Gasteiger partial charge in [-0.2, -0.15) is 5.10 Å². The first-order chi connectivity index (χ1) is 7.95. The SMILES string of the molecule is CCC(C)C(C(=O)O)N(C)Cc1cnn(C)c1. The van der Waals surface area contributed by atoms with E-state index in [1.54, 1.807) is 10.9 Å². The summed E-state index contributed by atoms with van der Waals surface area (Å²) in [5.41, 5.74) is 1.03. The molecule has 0 aliphatic heterocycles. The number of nitrogens with zero attached hydrogens (tertiary/aromatic N) is 3. The molecule has 0 aliphatic carbocycles. The highest BCUT2D eigenvalue weighted by atomic mass is 16.4.